The van der Waals surface area contributed by atoms with Gasteiger partial charge in [-0.15, -0.1) is 6.58 Å². The van der Waals surface area contributed by atoms with E-state index in [4.69, 9.17) is 9.47 Å². The normalized spacial score (nSPS) is 21.5. The summed E-state index contributed by atoms with van der Waals surface area (Å²) in [5.41, 5.74) is 2.33. The number of hydrogen-bond donors (Lipinski definition) is 0. The molecule has 0 saturated carbocycles. The maximum absolute atomic E-state index is 13.3. The van der Waals surface area contributed by atoms with Gasteiger partial charge in [0.15, 0.2) is 17.9 Å². The zero-order valence-corrected chi connectivity index (χ0v) is 12.0. The molecule has 0 aliphatic carbocycles. The monoisotopic (exact) mass is 302 g/mol. The molecule has 0 bridgehead atoms. The van der Waals surface area contributed by atoms with E-state index >= 15 is 0 Å². The molecule has 1 aliphatic heterocycles. The fourth-order valence-electron chi connectivity index (χ4n) is 2.36. The molecule has 1 fully saturated rings. The van der Waals surface area contributed by atoms with Crippen molar-refractivity contribution in [2.45, 2.75) is 6.29 Å². The Morgan fingerprint density at radius 1 is 0.909 bits per heavy atom. The lowest BCUT2D eigenvalue weighted by Crippen LogP contribution is -2.25. The van der Waals surface area contributed by atoms with Gasteiger partial charge >= 0.3 is 0 Å². The molecule has 22 heavy (non-hydrogen) atoms. The highest BCUT2D eigenvalue weighted by molar-refractivity contribution is 5.63. The number of ether oxygens (including phenoxy) is 2. The average Bonchev–Trinajstić information content (AvgIpc) is 2.58. The van der Waals surface area contributed by atoms with Crippen molar-refractivity contribution < 1.29 is 18.3 Å². The van der Waals surface area contributed by atoms with Gasteiger partial charge in [-0.05, 0) is 23.3 Å². The predicted molar refractivity (Wildman–Crippen MR) is 80.1 cm³/mol. The van der Waals surface area contributed by atoms with Gasteiger partial charge in [-0.25, -0.2) is 8.78 Å². The SMILES string of the molecule is C=CC1COC(c2ccc(-c3ccc(F)c(F)c3)cc2)OC1. The van der Waals surface area contributed by atoms with E-state index in [1.807, 2.05) is 30.3 Å². The molecule has 0 amide bonds. The van der Waals surface area contributed by atoms with Gasteiger partial charge in [0.25, 0.3) is 0 Å². The highest BCUT2D eigenvalue weighted by atomic mass is 19.2. The highest BCUT2D eigenvalue weighted by Gasteiger charge is 2.21. The van der Waals surface area contributed by atoms with Crippen LogP contribution in [0.25, 0.3) is 11.1 Å². The Morgan fingerprint density at radius 2 is 1.55 bits per heavy atom. The van der Waals surface area contributed by atoms with Gasteiger partial charge in [0.05, 0.1) is 13.2 Å². The van der Waals surface area contributed by atoms with E-state index in [2.05, 4.69) is 6.58 Å². The van der Waals surface area contributed by atoms with Crippen molar-refractivity contribution >= 4 is 0 Å². The third-order valence-electron chi connectivity index (χ3n) is 3.69. The molecular weight excluding hydrogens is 286 g/mol. The van der Waals surface area contributed by atoms with Crippen LogP contribution < -0.4 is 0 Å². The van der Waals surface area contributed by atoms with Crippen molar-refractivity contribution in [2.75, 3.05) is 13.2 Å². The quantitative estimate of drug-likeness (QED) is 0.778. The number of benzene rings is 2. The summed E-state index contributed by atoms with van der Waals surface area (Å²) in [5.74, 6) is -1.48. The first kappa shape index (κ1) is 14.9. The maximum Gasteiger partial charge on any atom is 0.183 e. The van der Waals surface area contributed by atoms with Crippen molar-refractivity contribution in [2.24, 2.45) is 5.92 Å². The van der Waals surface area contributed by atoms with Crippen molar-refractivity contribution in [3.05, 3.63) is 72.3 Å². The zero-order chi connectivity index (χ0) is 15.5. The summed E-state index contributed by atoms with van der Waals surface area (Å²) in [6.07, 6.45) is 1.43. The summed E-state index contributed by atoms with van der Waals surface area (Å²) in [4.78, 5) is 0. The maximum atomic E-state index is 13.3. The van der Waals surface area contributed by atoms with Crippen LogP contribution in [0.15, 0.2) is 55.1 Å². The van der Waals surface area contributed by atoms with E-state index < -0.39 is 17.9 Å². The zero-order valence-electron chi connectivity index (χ0n) is 12.0. The summed E-state index contributed by atoms with van der Waals surface area (Å²) >= 11 is 0. The average molecular weight is 302 g/mol. The Morgan fingerprint density at radius 3 is 2.14 bits per heavy atom. The van der Waals surface area contributed by atoms with Crippen LogP contribution in [-0.2, 0) is 9.47 Å². The third kappa shape index (κ3) is 3.08. The van der Waals surface area contributed by atoms with Crippen molar-refractivity contribution in [1.82, 2.24) is 0 Å². The minimum Gasteiger partial charge on any atom is -0.348 e. The fraction of sp³-hybridized carbons (Fsp3) is 0.222. The lowest BCUT2D eigenvalue weighted by Gasteiger charge is -2.28. The van der Waals surface area contributed by atoms with Crippen LogP contribution in [0.3, 0.4) is 0 Å². The largest absolute Gasteiger partial charge is 0.348 e. The van der Waals surface area contributed by atoms with Crippen LogP contribution >= 0.6 is 0 Å². The van der Waals surface area contributed by atoms with E-state index in [1.54, 1.807) is 6.07 Å². The predicted octanol–water partition coefficient (Wildman–Crippen LogP) is 4.48. The van der Waals surface area contributed by atoms with Crippen molar-refractivity contribution in [1.29, 1.82) is 0 Å². The minimum atomic E-state index is -0.851. The summed E-state index contributed by atoms with van der Waals surface area (Å²) in [6, 6.07) is 11.3. The molecule has 0 N–H and O–H groups in total. The first-order valence-electron chi connectivity index (χ1n) is 7.08. The molecule has 0 atom stereocenters. The van der Waals surface area contributed by atoms with E-state index in [0.717, 1.165) is 17.2 Å². The summed E-state index contributed by atoms with van der Waals surface area (Å²) in [5, 5.41) is 0. The van der Waals surface area contributed by atoms with Crippen LogP contribution in [0.1, 0.15) is 11.9 Å². The molecule has 2 aromatic carbocycles. The van der Waals surface area contributed by atoms with Gasteiger partial charge in [-0.3, -0.25) is 0 Å². The van der Waals surface area contributed by atoms with Crippen molar-refractivity contribution in [3.8, 4) is 11.1 Å². The van der Waals surface area contributed by atoms with Crippen LogP contribution in [0.2, 0.25) is 0 Å². The van der Waals surface area contributed by atoms with Gasteiger partial charge < -0.3 is 9.47 Å². The fourth-order valence-corrected chi connectivity index (χ4v) is 2.36. The Balaban J connectivity index is 1.75. The van der Waals surface area contributed by atoms with E-state index in [1.165, 1.54) is 6.07 Å². The Bertz CT molecular complexity index is 659. The summed E-state index contributed by atoms with van der Waals surface area (Å²) in [6.45, 7) is 4.89. The highest BCUT2D eigenvalue weighted by Crippen LogP contribution is 2.28. The van der Waals surface area contributed by atoms with Gasteiger partial charge in [-0.2, -0.15) is 0 Å². The lowest BCUT2D eigenvalue weighted by molar-refractivity contribution is -0.197. The summed E-state index contributed by atoms with van der Waals surface area (Å²) in [7, 11) is 0. The minimum absolute atomic E-state index is 0.220. The lowest BCUT2D eigenvalue weighted by atomic mass is 10.0. The molecule has 2 nitrogen and oxygen atoms in total. The molecular formula is C18H16F2O2. The second kappa shape index (κ2) is 6.38. The van der Waals surface area contributed by atoms with E-state index in [-0.39, 0.29) is 5.92 Å². The second-order valence-electron chi connectivity index (χ2n) is 5.25. The van der Waals surface area contributed by atoms with Gasteiger partial charge in [0, 0.05) is 11.5 Å². The summed E-state index contributed by atoms with van der Waals surface area (Å²) < 4.78 is 37.5. The van der Waals surface area contributed by atoms with Crippen LogP contribution in [0.4, 0.5) is 8.78 Å². The molecule has 0 spiro atoms. The molecule has 1 saturated heterocycles. The second-order valence-corrected chi connectivity index (χ2v) is 5.25. The van der Waals surface area contributed by atoms with Crippen molar-refractivity contribution in [3.63, 3.8) is 0 Å². The molecule has 3 rings (SSSR count). The number of halogens is 2. The van der Waals surface area contributed by atoms with E-state index in [9.17, 15) is 8.78 Å². The molecule has 1 heterocycles. The number of hydrogen-bond acceptors (Lipinski definition) is 2. The Kier molecular flexibility index (Phi) is 4.32. The molecule has 2 aromatic rings. The molecule has 114 valence electrons. The third-order valence-corrected chi connectivity index (χ3v) is 3.69. The molecule has 0 unspecified atom stereocenters. The van der Waals surface area contributed by atoms with Crippen LogP contribution in [0, 0.1) is 17.6 Å². The Labute approximate surface area is 128 Å². The smallest absolute Gasteiger partial charge is 0.183 e. The van der Waals surface area contributed by atoms with Crippen LogP contribution in [-0.4, -0.2) is 13.2 Å². The molecule has 0 aromatic heterocycles. The van der Waals surface area contributed by atoms with Gasteiger partial charge in [0.1, 0.15) is 0 Å². The molecule has 0 radical (unpaired) electrons. The van der Waals surface area contributed by atoms with Gasteiger partial charge in [-0.1, -0.05) is 36.4 Å². The molecule has 1 aliphatic rings. The topological polar surface area (TPSA) is 18.5 Å². The number of rotatable bonds is 3. The Hall–Kier alpha value is -2.04. The standard InChI is InChI=1S/C18H16F2O2/c1-2-12-10-21-18(22-11-12)14-5-3-13(4-6-14)15-7-8-16(19)17(20)9-15/h2-9,12,18H,1,10-11H2. The van der Waals surface area contributed by atoms with E-state index in [0.29, 0.717) is 18.8 Å². The van der Waals surface area contributed by atoms with Gasteiger partial charge in [0.2, 0.25) is 0 Å². The first-order chi connectivity index (χ1) is 10.7. The van der Waals surface area contributed by atoms with Crippen LogP contribution in [0.5, 0.6) is 0 Å². The first-order valence-corrected chi connectivity index (χ1v) is 7.08. The molecule has 4 heteroatoms.